The molecule has 3 heteroatoms. The molecule has 170 valence electrons. The van der Waals surface area contributed by atoms with Gasteiger partial charge in [-0.25, -0.2) is 0 Å². The van der Waals surface area contributed by atoms with Crippen LogP contribution in [-0.2, 0) is 0 Å². The van der Waals surface area contributed by atoms with Crippen molar-refractivity contribution in [2.45, 2.75) is 110 Å². The van der Waals surface area contributed by atoms with Crippen molar-refractivity contribution < 1.29 is 15.3 Å². The lowest BCUT2D eigenvalue weighted by Crippen LogP contribution is -2.36. The van der Waals surface area contributed by atoms with Crippen LogP contribution in [0.3, 0.4) is 0 Å². The lowest BCUT2D eigenvalue weighted by molar-refractivity contribution is 0.0596. The van der Waals surface area contributed by atoms with E-state index in [1.54, 1.807) is 5.57 Å². The number of rotatable bonds is 6. The molecular formula is C27H44O3. The molecule has 0 amide bonds. The topological polar surface area (TPSA) is 60.7 Å². The number of hydrogen-bond donors (Lipinski definition) is 3. The second-order valence-electron chi connectivity index (χ2n) is 11.3. The average Bonchev–Trinajstić information content (AvgIpc) is 3.00. The standard InChI is InChI=1S/C27H44O3/c1-18(8-6-14-26(3,4)30)23-12-13-24-20(9-7-15-27(23,24)5)10-11-21-16-22(28)17-25(29)19(21)2/h10-11,18,22-25,28-30H,2,6-9,12-17H2,1,3-5H3/b20-10-,21-11-/t18-,22-,23-,24-,25-,27+/m0/s1. The normalized spacial score (nSPS) is 38.8. The van der Waals surface area contributed by atoms with Gasteiger partial charge in [-0.05, 0) is 93.1 Å². The van der Waals surface area contributed by atoms with Crippen LogP contribution >= 0.6 is 0 Å². The molecule has 0 bridgehead atoms. The van der Waals surface area contributed by atoms with E-state index in [1.165, 1.54) is 38.5 Å². The number of hydrogen-bond acceptors (Lipinski definition) is 3. The second kappa shape index (κ2) is 9.30. The number of aliphatic hydroxyl groups excluding tert-OH is 2. The van der Waals surface area contributed by atoms with Crippen LogP contribution in [0.1, 0.15) is 91.9 Å². The third kappa shape index (κ3) is 5.29. The molecule has 3 aliphatic carbocycles. The molecule has 0 aliphatic heterocycles. The number of aliphatic hydroxyl groups is 3. The van der Waals surface area contributed by atoms with Crippen molar-refractivity contribution in [1.82, 2.24) is 0 Å². The summed E-state index contributed by atoms with van der Waals surface area (Å²) >= 11 is 0. The minimum absolute atomic E-state index is 0.374. The van der Waals surface area contributed by atoms with Gasteiger partial charge in [-0.15, -0.1) is 0 Å². The Kier molecular flexibility index (Phi) is 7.37. The lowest BCUT2D eigenvalue weighted by Gasteiger charge is -2.44. The molecule has 0 radical (unpaired) electrons. The van der Waals surface area contributed by atoms with E-state index in [1.807, 2.05) is 13.8 Å². The molecule has 30 heavy (non-hydrogen) atoms. The predicted molar refractivity (Wildman–Crippen MR) is 124 cm³/mol. The van der Waals surface area contributed by atoms with Gasteiger partial charge in [-0.1, -0.05) is 51.0 Å². The van der Waals surface area contributed by atoms with Gasteiger partial charge in [0.05, 0.1) is 17.8 Å². The van der Waals surface area contributed by atoms with Gasteiger partial charge >= 0.3 is 0 Å². The van der Waals surface area contributed by atoms with E-state index in [2.05, 4.69) is 32.6 Å². The molecule has 0 aromatic heterocycles. The van der Waals surface area contributed by atoms with Gasteiger partial charge in [0.2, 0.25) is 0 Å². The Bertz CT molecular complexity index is 683. The summed E-state index contributed by atoms with van der Waals surface area (Å²) in [6, 6.07) is 0. The van der Waals surface area contributed by atoms with Crippen LogP contribution < -0.4 is 0 Å². The Morgan fingerprint density at radius 2 is 1.97 bits per heavy atom. The molecule has 3 rings (SSSR count). The fourth-order valence-electron chi connectivity index (χ4n) is 6.74. The quantitative estimate of drug-likeness (QED) is 0.520. The first kappa shape index (κ1) is 23.8. The third-order valence-corrected chi connectivity index (χ3v) is 8.44. The molecule has 0 heterocycles. The number of fused-ring (bicyclic) bond motifs is 1. The van der Waals surface area contributed by atoms with Crippen molar-refractivity contribution in [2.75, 3.05) is 0 Å². The van der Waals surface area contributed by atoms with E-state index < -0.39 is 17.8 Å². The van der Waals surface area contributed by atoms with Crippen molar-refractivity contribution in [2.24, 2.45) is 23.2 Å². The first-order valence-corrected chi connectivity index (χ1v) is 12.2. The monoisotopic (exact) mass is 416 g/mol. The predicted octanol–water partition coefficient (Wildman–Crippen LogP) is 5.70. The van der Waals surface area contributed by atoms with E-state index in [0.717, 1.165) is 29.9 Å². The first-order valence-electron chi connectivity index (χ1n) is 12.2. The summed E-state index contributed by atoms with van der Waals surface area (Å²) in [7, 11) is 0. The molecule has 0 aromatic carbocycles. The molecular weight excluding hydrogens is 372 g/mol. The van der Waals surface area contributed by atoms with Crippen LogP contribution in [0.5, 0.6) is 0 Å². The molecule has 0 spiro atoms. The van der Waals surface area contributed by atoms with Crippen molar-refractivity contribution in [3.63, 3.8) is 0 Å². The smallest absolute Gasteiger partial charge is 0.0811 e. The van der Waals surface area contributed by atoms with Crippen LogP contribution in [0.25, 0.3) is 0 Å². The second-order valence-corrected chi connectivity index (χ2v) is 11.3. The zero-order valence-electron chi connectivity index (χ0n) is 19.7. The van der Waals surface area contributed by atoms with E-state index in [-0.39, 0.29) is 0 Å². The maximum absolute atomic E-state index is 10.1. The van der Waals surface area contributed by atoms with Crippen LogP contribution in [0, 0.1) is 23.2 Å². The molecule has 0 unspecified atom stereocenters. The van der Waals surface area contributed by atoms with Gasteiger partial charge in [-0.2, -0.15) is 0 Å². The summed E-state index contributed by atoms with van der Waals surface area (Å²) in [6.45, 7) is 12.8. The zero-order valence-corrected chi connectivity index (χ0v) is 19.7. The average molecular weight is 417 g/mol. The Labute approximate surface area is 184 Å². The van der Waals surface area contributed by atoms with Gasteiger partial charge in [-0.3, -0.25) is 0 Å². The maximum Gasteiger partial charge on any atom is 0.0811 e. The Morgan fingerprint density at radius 1 is 1.23 bits per heavy atom. The van der Waals surface area contributed by atoms with Crippen LogP contribution in [0.4, 0.5) is 0 Å². The van der Waals surface area contributed by atoms with Crippen molar-refractivity contribution in [1.29, 1.82) is 0 Å². The number of allylic oxidation sites excluding steroid dienone is 3. The van der Waals surface area contributed by atoms with Gasteiger partial charge in [0, 0.05) is 6.42 Å². The summed E-state index contributed by atoms with van der Waals surface area (Å²) in [5.74, 6) is 2.11. The molecule has 3 fully saturated rings. The highest BCUT2D eigenvalue weighted by Gasteiger charge is 2.50. The summed E-state index contributed by atoms with van der Waals surface area (Å²) in [4.78, 5) is 0. The van der Waals surface area contributed by atoms with Gasteiger partial charge < -0.3 is 15.3 Å². The van der Waals surface area contributed by atoms with Crippen LogP contribution in [0.15, 0.2) is 35.5 Å². The maximum atomic E-state index is 10.1. The molecule has 0 aromatic rings. The highest BCUT2D eigenvalue weighted by Crippen LogP contribution is 2.60. The molecule has 3 nitrogen and oxygen atoms in total. The lowest BCUT2D eigenvalue weighted by atomic mass is 9.60. The fraction of sp³-hybridized carbons (Fsp3) is 0.778. The third-order valence-electron chi connectivity index (χ3n) is 8.44. The van der Waals surface area contributed by atoms with E-state index in [4.69, 9.17) is 0 Å². The van der Waals surface area contributed by atoms with E-state index >= 15 is 0 Å². The molecule has 3 saturated carbocycles. The van der Waals surface area contributed by atoms with Crippen LogP contribution in [-0.4, -0.2) is 33.1 Å². The zero-order chi connectivity index (χ0) is 22.1. The Morgan fingerprint density at radius 3 is 2.67 bits per heavy atom. The van der Waals surface area contributed by atoms with E-state index in [9.17, 15) is 15.3 Å². The molecule has 3 aliphatic rings. The van der Waals surface area contributed by atoms with Gasteiger partial charge in [0.25, 0.3) is 0 Å². The Hall–Kier alpha value is -0.900. The van der Waals surface area contributed by atoms with Crippen molar-refractivity contribution in [3.05, 3.63) is 35.5 Å². The highest BCUT2D eigenvalue weighted by atomic mass is 16.3. The van der Waals surface area contributed by atoms with Crippen molar-refractivity contribution in [3.8, 4) is 0 Å². The first-order chi connectivity index (χ1) is 14.0. The van der Waals surface area contributed by atoms with Crippen LogP contribution in [0.2, 0.25) is 0 Å². The molecule has 3 N–H and O–H groups in total. The minimum atomic E-state index is -0.615. The highest BCUT2D eigenvalue weighted by molar-refractivity contribution is 5.38. The van der Waals surface area contributed by atoms with Gasteiger partial charge in [0.1, 0.15) is 0 Å². The largest absolute Gasteiger partial charge is 0.393 e. The summed E-state index contributed by atoms with van der Waals surface area (Å²) in [5, 5.41) is 30.2. The summed E-state index contributed by atoms with van der Waals surface area (Å²) < 4.78 is 0. The van der Waals surface area contributed by atoms with Gasteiger partial charge in [0.15, 0.2) is 0 Å². The minimum Gasteiger partial charge on any atom is -0.393 e. The summed E-state index contributed by atoms with van der Waals surface area (Å²) in [5.41, 5.74) is 3.17. The molecule has 0 saturated heterocycles. The Balaban J connectivity index is 1.70. The molecule has 6 atom stereocenters. The fourth-order valence-corrected chi connectivity index (χ4v) is 6.74. The SMILES string of the molecule is C=C1/C(=C\C=C2\CCC[C@@]3(C)[C@H]2CC[C@H]3[C@@H](C)CCCC(C)(C)O)C[C@H](O)C[C@@H]1O. The summed E-state index contributed by atoms with van der Waals surface area (Å²) in [6.07, 6.45) is 13.9. The van der Waals surface area contributed by atoms with Crippen molar-refractivity contribution >= 4 is 0 Å². The van der Waals surface area contributed by atoms with E-state index in [0.29, 0.717) is 30.1 Å².